The van der Waals surface area contributed by atoms with Gasteiger partial charge >= 0.3 is 6.18 Å². The lowest BCUT2D eigenvalue weighted by molar-refractivity contribution is -0.137. The molecule has 1 N–H and O–H groups in total. The van der Waals surface area contributed by atoms with Crippen LogP contribution >= 0.6 is 11.6 Å². The molecule has 2 rings (SSSR count). The summed E-state index contributed by atoms with van der Waals surface area (Å²) < 4.78 is 54.6. The maximum atomic E-state index is 12.8. The lowest BCUT2D eigenvalue weighted by atomic mass is 10.1. The summed E-state index contributed by atoms with van der Waals surface area (Å²) in [7, 11) is 1.60. The molecule has 154 valence electrons. The molecule has 0 spiro atoms. The first kappa shape index (κ1) is 22.3. The third kappa shape index (κ3) is 6.54. The lowest BCUT2D eigenvalue weighted by Crippen LogP contribution is -2.06. The summed E-state index contributed by atoms with van der Waals surface area (Å²) in [4.78, 5) is 3.70. The number of aliphatic hydroxyl groups excluding tert-OH is 1. The Morgan fingerprint density at radius 2 is 1.93 bits per heavy atom. The summed E-state index contributed by atoms with van der Waals surface area (Å²) in [5, 5.41) is 8.81. The number of halogens is 4. The SMILES string of the molecule is COCCCOc1ccc(CCCO)c(Oc2ncc(C(F)(F)F)cc2Cl)c1. The maximum absolute atomic E-state index is 12.8. The summed E-state index contributed by atoms with van der Waals surface area (Å²) in [6, 6.07) is 5.92. The quantitative estimate of drug-likeness (QED) is 0.556. The molecule has 28 heavy (non-hydrogen) atoms. The van der Waals surface area contributed by atoms with E-state index in [0.29, 0.717) is 50.2 Å². The zero-order valence-electron chi connectivity index (χ0n) is 15.3. The standard InChI is InChI=1S/C19H21ClF3NO4/c1-26-8-3-9-27-15-6-5-13(4-2-7-25)17(11-15)28-18-16(20)10-14(12-24-18)19(21,22)23/h5-6,10-12,25H,2-4,7-9H2,1H3. The molecular formula is C19H21ClF3NO4. The van der Waals surface area contributed by atoms with Crippen LogP contribution in [0.25, 0.3) is 0 Å². The van der Waals surface area contributed by atoms with Crippen LogP contribution in [0.5, 0.6) is 17.4 Å². The van der Waals surface area contributed by atoms with Gasteiger partial charge in [-0.3, -0.25) is 0 Å². The number of pyridine rings is 1. The first-order valence-electron chi connectivity index (χ1n) is 8.61. The molecule has 5 nitrogen and oxygen atoms in total. The Morgan fingerprint density at radius 1 is 1.14 bits per heavy atom. The molecule has 0 atom stereocenters. The van der Waals surface area contributed by atoms with Gasteiger partial charge in [-0.15, -0.1) is 0 Å². The van der Waals surface area contributed by atoms with E-state index < -0.39 is 11.7 Å². The Hall–Kier alpha value is -2.03. The smallest absolute Gasteiger partial charge is 0.417 e. The molecule has 0 saturated carbocycles. The molecule has 2 aromatic rings. The van der Waals surface area contributed by atoms with Gasteiger partial charge in [0, 0.05) is 39.0 Å². The number of ether oxygens (including phenoxy) is 3. The number of aryl methyl sites for hydroxylation is 1. The largest absolute Gasteiger partial charge is 0.493 e. The van der Waals surface area contributed by atoms with E-state index in [-0.39, 0.29) is 17.5 Å². The van der Waals surface area contributed by atoms with Gasteiger partial charge in [-0.25, -0.2) is 4.98 Å². The van der Waals surface area contributed by atoms with E-state index in [1.54, 1.807) is 25.3 Å². The average molecular weight is 420 g/mol. The Balaban J connectivity index is 2.23. The van der Waals surface area contributed by atoms with Gasteiger partial charge in [-0.2, -0.15) is 13.2 Å². The van der Waals surface area contributed by atoms with Crippen molar-refractivity contribution in [1.82, 2.24) is 4.98 Å². The molecule has 0 fully saturated rings. The molecule has 0 unspecified atom stereocenters. The van der Waals surface area contributed by atoms with Crippen LogP contribution in [0.2, 0.25) is 5.02 Å². The van der Waals surface area contributed by atoms with Crippen LogP contribution in [-0.2, 0) is 17.3 Å². The molecular weight excluding hydrogens is 399 g/mol. The number of alkyl halides is 3. The molecule has 0 aliphatic heterocycles. The number of nitrogens with zero attached hydrogens (tertiary/aromatic N) is 1. The summed E-state index contributed by atoms with van der Waals surface area (Å²) in [5.74, 6) is 0.741. The minimum atomic E-state index is -4.54. The zero-order chi connectivity index (χ0) is 20.6. The fourth-order valence-corrected chi connectivity index (χ4v) is 2.55. The van der Waals surface area contributed by atoms with Crippen LogP contribution in [0.15, 0.2) is 30.5 Å². The van der Waals surface area contributed by atoms with Crippen molar-refractivity contribution in [1.29, 1.82) is 0 Å². The van der Waals surface area contributed by atoms with Crippen molar-refractivity contribution in [2.45, 2.75) is 25.4 Å². The van der Waals surface area contributed by atoms with Gasteiger partial charge < -0.3 is 19.3 Å². The highest BCUT2D eigenvalue weighted by Gasteiger charge is 2.31. The minimum Gasteiger partial charge on any atom is -0.493 e. The van der Waals surface area contributed by atoms with Gasteiger partial charge in [0.15, 0.2) is 0 Å². The number of aliphatic hydroxyl groups is 1. The lowest BCUT2D eigenvalue weighted by Gasteiger charge is -2.14. The van der Waals surface area contributed by atoms with Crippen molar-refractivity contribution in [3.63, 3.8) is 0 Å². The average Bonchev–Trinajstić information content (AvgIpc) is 2.65. The van der Waals surface area contributed by atoms with E-state index >= 15 is 0 Å². The van der Waals surface area contributed by atoms with E-state index in [0.717, 1.165) is 11.6 Å². The van der Waals surface area contributed by atoms with Crippen LogP contribution < -0.4 is 9.47 Å². The van der Waals surface area contributed by atoms with E-state index in [2.05, 4.69) is 4.98 Å². The van der Waals surface area contributed by atoms with Gasteiger partial charge in [0.1, 0.15) is 16.5 Å². The Morgan fingerprint density at radius 3 is 2.57 bits per heavy atom. The molecule has 0 radical (unpaired) electrons. The number of hydrogen-bond acceptors (Lipinski definition) is 5. The Kier molecular flexibility index (Phi) is 8.35. The van der Waals surface area contributed by atoms with Crippen molar-refractivity contribution < 1.29 is 32.5 Å². The molecule has 0 aliphatic rings. The van der Waals surface area contributed by atoms with Gasteiger partial charge in [0.25, 0.3) is 0 Å². The Bertz CT molecular complexity index is 771. The number of benzene rings is 1. The van der Waals surface area contributed by atoms with E-state index in [1.165, 1.54) is 0 Å². The monoisotopic (exact) mass is 419 g/mol. The van der Waals surface area contributed by atoms with Gasteiger partial charge in [0.2, 0.25) is 5.88 Å². The normalized spacial score (nSPS) is 11.5. The fraction of sp³-hybridized carbons (Fsp3) is 0.421. The molecule has 0 saturated heterocycles. The number of hydrogen-bond donors (Lipinski definition) is 1. The summed E-state index contributed by atoms with van der Waals surface area (Å²) in [5.41, 5.74) is -0.211. The second kappa shape index (κ2) is 10.5. The number of methoxy groups -OCH3 is 1. The van der Waals surface area contributed by atoms with Gasteiger partial charge in [-0.1, -0.05) is 17.7 Å². The molecule has 1 aromatic heterocycles. The predicted octanol–water partition coefficient (Wildman–Crippen LogP) is 4.89. The second-order valence-corrected chi connectivity index (χ2v) is 6.31. The highest BCUT2D eigenvalue weighted by Crippen LogP contribution is 2.36. The number of rotatable bonds is 10. The van der Waals surface area contributed by atoms with Crippen LogP contribution in [0, 0.1) is 0 Å². The first-order chi connectivity index (χ1) is 13.3. The first-order valence-corrected chi connectivity index (χ1v) is 8.99. The van der Waals surface area contributed by atoms with Crippen molar-refractivity contribution >= 4 is 11.6 Å². The minimum absolute atomic E-state index is 0.00596. The summed E-state index contributed by atoms with van der Waals surface area (Å²) in [6.07, 6.45) is -2.17. The zero-order valence-corrected chi connectivity index (χ0v) is 16.0. The van der Waals surface area contributed by atoms with Crippen LogP contribution in [0.1, 0.15) is 24.0 Å². The number of aromatic nitrogens is 1. The summed E-state index contributed by atoms with van der Waals surface area (Å²) in [6.45, 7) is 0.986. The van der Waals surface area contributed by atoms with Gasteiger partial charge in [0.05, 0.1) is 12.2 Å². The topological polar surface area (TPSA) is 60.8 Å². The molecule has 0 aliphatic carbocycles. The van der Waals surface area contributed by atoms with E-state index in [4.69, 9.17) is 30.9 Å². The van der Waals surface area contributed by atoms with Crippen LogP contribution in [0.4, 0.5) is 13.2 Å². The Labute approximate surface area is 166 Å². The fourth-order valence-electron chi connectivity index (χ4n) is 2.35. The summed E-state index contributed by atoms with van der Waals surface area (Å²) >= 11 is 5.93. The van der Waals surface area contributed by atoms with Crippen LogP contribution in [-0.4, -0.2) is 37.0 Å². The second-order valence-electron chi connectivity index (χ2n) is 5.90. The highest BCUT2D eigenvalue weighted by molar-refractivity contribution is 6.31. The third-order valence-electron chi connectivity index (χ3n) is 3.75. The molecule has 0 bridgehead atoms. The van der Waals surface area contributed by atoms with Crippen LogP contribution in [0.3, 0.4) is 0 Å². The highest BCUT2D eigenvalue weighted by atomic mass is 35.5. The molecule has 1 heterocycles. The van der Waals surface area contributed by atoms with Crippen molar-refractivity contribution in [2.24, 2.45) is 0 Å². The van der Waals surface area contributed by atoms with Crippen molar-refractivity contribution in [3.05, 3.63) is 46.6 Å². The molecule has 0 amide bonds. The van der Waals surface area contributed by atoms with Crippen molar-refractivity contribution in [3.8, 4) is 17.4 Å². The van der Waals surface area contributed by atoms with Gasteiger partial charge in [-0.05, 0) is 30.5 Å². The van der Waals surface area contributed by atoms with Crippen molar-refractivity contribution in [2.75, 3.05) is 26.9 Å². The van der Waals surface area contributed by atoms with E-state index in [9.17, 15) is 13.2 Å². The molecule has 1 aromatic carbocycles. The van der Waals surface area contributed by atoms with E-state index in [1.807, 2.05) is 0 Å². The predicted molar refractivity (Wildman–Crippen MR) is 98.2 cm³/mol. The molecule has 9 heteroatoms. The maximum Gasteiger partial charge on any atom is 0.417 e. The third-order valence-corrected chi connectivity index (χ3v) is 4.02.